The van der Waals surface area contributed by atoms with Crippen LogP contribution in [0, 0.1) is 0 Å². The highest BCUT2D eigenvalue weighted by Crippen LogP contribution is 2.29. The van der Waals surface area contributed by atoms with Crippen LogP contribution in [-0.4, -0.2) is 20.9 Å². The molecule has 2 aromatic heterocycles. The summed E-state index contributed by atoms with van der Waals surface area (Å²) in [6.45, 7) is 10.5. The van der Waals surface area contributed by atoms with Gasteiger partial charge in [0, 0.05) is 30.3 Å². The summed E-state index contributed by atoms with van der Waals surface area (Å²) in [4.78, 5) is 4.63. The maximum atomic E-state index is 5.78. The fourth-order valence-corrected chi connectivity index (χ4v) is 1.93. The Labute approximate surface area is 120 Å². The van der Waals surface area contributed by atoms with E-state index < -0.39 is 0 Å². The van der Waals surface area contributed by atoms with E-state index in [4.69, 9.17) is 4.74 Å². The third kappa shape index (κ3) is 3.38. The summed E-state index contributed by atoms with van der Waals surface area (Å²) in [6, 6.07) is 4.09. The molecule has 0 aliphatic heterocycles. The van der Waals surface area contributed by atoms with Gasteiger partial charge in [-0.1, -0.05) is 20.8 Å². The number of aromatic nitrogens is 3. The molecule has 0 fully saturated rings. The molecule has 0 aromatic carbocycles. The van der Waals surface area contributed by atoms with Crippen molar-refractivity contribution in [2.45, 2.75) is 46.1 Å². The van der Waals surface area contributed by atoms with Crippen molar-refractivity contribution in [1.29, 1.82) is 0 Å². The molecule has 0 atom stereocenters. The predicted molar refractivity (Wildman–Crippen MR) is 80.9 cm³/mol. The second kappa shape index (κ2) is 5.27. The predicted octanol–water partition coefficient (Wildman–Crippen LogP) is 3.57. The van der Waals surface area contributed by atoms with E-state index in [0.29, 0.717) is 5.88 Å². The van der Waals surface area contributed by atoms with Gasteiger partial charge in [-0.25, -0.2) is 4.98 Å². The van der Waals surface area contributed by atoms with Gasteiger partial charge in [0.1, 0.15) is 0 Å². The number of aryl methyl sites for hydroxylation is 1. The van der Waals surface area contributed by atoms with Crippen molar-refractivity contribution in [3.63, 3.8) is 0 Å². The minimum atomic E-state index is -0.0205. The van der Waals surface area contributed by atoms with E-state index in [1.165, 1.54) is 0 Å². The van der Waals surface area contributed by atoms with Crippen molar-refractivity contribution >= 4 is 0 Å². The van der Waals surface area contributed by atoms with E-state index in [2.05, 4.69) is 36.9 Å². The zero-order valence-electron chi connectivity index (χ0n) is 13.1. The summed E-state index contributed by atoms with van der Waals surface area (Å²) >= 11 is 0. The maximum absolute atomic E-state index is 5.78. The molecule has 4 heteroatoms. The largest absolute Gasteiger partial charge is 0.475 e. The topological polar surface area (TPSA) is 39.9 Å². The highest BCUT2D eigenvalue weighted by molar-refractivity contribution is 5.63. The van der Waals surface area contributed by atoms with Crippen molar-refractivity contribution in [2.75, 3.05) is 0 Å². The van der Waals surface area contributed by atoms with Crippen LogP contribution in [0.3, 0.4) is 0 Å². The average Bonchev–Trinajstić information content (AvgIpc) is 2.73. The van der Waals surface area contributed by atoms with Crippen LogP contribution in [0.1, 0.15) is 40.3 Å². The van der Waals surface area contributed by atoms with Gasteiger partial charge in [0.05, 0.1) is 18.0 Å². The highest BCUT2D eigenvalue weighted by atomic mass is 16.5. The fraction of sp³-hybridized carbons (Fsp3) is 0.500. The van der Waals surface area contributed by atoms with E-state index in [-0.39, 0.29) is 11.5 Å². The second-order valence-electron chi connectivity index (χ2n) is 6.40. The molecule has 2 rings (SSSR count). The first-order valence-corrected chi connectivity index (χ1v) is 6.94. The summed E-state index contributed by atoms with van der Waals surface area (Å²) < 4.78 is 7.58. The first-order valence-electron chi connectivity index (χ1n) is 6.94. The van der Waals surface area contributed by atoms with Gasteiger partial charge in [-0.05, 0) is 25.5 Å². The Hall–Kier alpha value is -1.84. The minimum Gasteiger partial charge on any atom is -0.475 e. The van der Waals surface area contributed by atoms with Gasteiger partial charge in [0.25, 0.3) is 0 Å². The minimum absolute atomic E-state index is 0.0205. The molecule has 0 unspecified atom stereocenters. The van der Waals surface area contributed by atoms with Gasteiger partial charge in [-0.2, -0.15) is 5.10 Å². The van der Waals surface area contributed by atoms with Gasteiger partial charge in [-0.3, -0.25) is 4.68 Å². The number of ether oxygens (including phenoxy) is 1. The molecule has 2 heterocycles. The molecule has 0 spiro atoms. The van der Waals surface area contributed by atoms with Gasteiger partial charge in [0.15, 0.2) is 0 Å². The van der Waals surface area contributed by atoms with E-state index >= 15 is 0 Å². The summed E-state index contributed by atoms with van der Waals surface area (Å²) in [7, 11) is 1.92. The zero-order valence-corrected chi connectivity index (χ0v) is 13.1. The van der Waals surface area contributed by atoms with Crippen LogP contribution in [0.5, 0.6) is 5.88 Å². The third-order valence-corrected chi connectivity index (χ3v) is 2.96. The molecule has 0 N–H and O–H groups in total. The Kier molecular flexibility index (Phi) is 3.84. The molecule has 0 saturated heterocycles. The lowest BCUT2D eigenvalue weighted by atomic mass is 9.90. The molecule has 108 valence electrons. The number of hydrogen-bond donors (Lipinski definition) is 0. The third-order valence-electron chi connectivity index (χ3n) is 2.96. The molecule has 2 aromatic rings. The zero-order chi connectivity index (χ0) is 14.9. The van der Waals surface area contributed by atoms with Gasteiger partial charge < -0.3 is 4.74 Å². The normalized spacial score (nSPS) is 11.9. The van der Waals surface area contributed by atoms with Gasteiger partial charge >= 0.3 is 0 Å². The van der Waals surface area contributed by atoms with E-state index in [1.54, 1.807) is 4.68 Å². The maximum Gasteiger partial charge on any atom is 0.214 e. The molecule has 0 aliphatic carbocycles. The lowest BCUT2D eigenvalue weighted by molar-refractivity contribution is 0.231. The van der Waals surface area contributed by atoms with Crippen molar-refractivity contribution in [2.24, 2.45) is 7.05 Å². The van der Waals surface area contributed by atoms with Crippen molar-refractivity contribution in [3.8, 4) is 17.0 Å². The van der Waals surface area contributed by atoms with Crippen LogP contribution in [-0.2, 0) is 12.5 Å². The Morgan fingerprint density at radius 2 is 1.85 bits per heavy atom. The monoisotopic (exact) mass is 273 g/mol. The van der Waals surface area contributed by atoms with E-state index in [1.807, 2.05) is 39.4 Å². The first kappa shape index (κ1) is 14.6. The number of hydrogen-bond acceptors (Lipinski definition) is 3. The highest BCUT2D eigenvalue weighted by Gasteiger charge is 2.18. The Balaban J connectivity index is 2.50. The van der Waals surface area contributed by atoms with Crippen molar-refractivity contribution in [1.82, 2.24) is 14.8 Å². The first-order chi connectivity index (χ1) is 9.25. The number of pyridine rings is 1. The summed E-state index contributed by atoms with van der Waals surface area (Å²) in [5.74, 6) is 0.672. The van der Waals surface area contributed by atoms with Crippen LogP contribution in [0.4, 0.5) is 0 Å². The van der Waals surface area contributed by atoms with Gasteiger partial charge in [-0.15, -0.1) is 0 Å². The average molecular weight is 273 g/mol. The molecular weight excluding hydrogens is 250 g/mol. The standard InChI is InChI=1S/C16H23N3O/c1-11(2)20-15-8-12(13-9-17-19(6)10-13)7-14(18-15)16(3,4)5/h7-11H,1-6H3. The molecule has 0 amide bonds. The van der Waals surface area contributed by atoms with Crippen LogP contribution in [0.2, 0.25) is 0 Å². The van der Waals surface area contributed by atoms with Crippen molar-refractivity contribution in [3.05, 3.63) is 30.2 Å². The Morgan fingerprint density at radius 3 is 2.35 bits per heavy atom. The smallest absolute Gasteiger partial charge is 0.214 e. The second-order valence-corrected chi connectivity index (χ2v) is 6.40. The molecular formula is C16H23N3O. The van der Waals surface area contributed by atoms with Crippen LogP contribution >= 0.6 is 0 Å². The lowest BCUT2D eigenvalue weighted by Crippen LogP contribution is -2.15. The van der Waals surface area contributed by atoms with Gasteiger partial charge in [0.2, 0.25) is 5.88 Å². The SMILES string of the molecule is CC(C)Oc1cc(-c2cnn(C)c2)cc(C(C)(C)C)n1. The van der Waals surface area contributed by atoms with E-state index in [9.17, 15) is 0 Å². The molecule has 4 nitrogen and oxygen atoms in total. The number of rotatable bonds is 3. The summed E-state index contributed by atoms with van der Waals surface area (Å²) in [6.07, 6.45) is 3.97. The quantitative estimate of drug-likeness (QED) is 0.858. The van der Waals surface area contributed by atoms with Crippen molar-refractivity contribution < 1.29 is 4.74 Å². The molecule has 0 radical (unpaired) electrons. The molecule has 0 bridgehead atoms. The number of nitrogens with zero attached hydrogens (tertiary/aromatic N) is 3. The fourth-order valence-electron chi connectivity index (χ4n) is 1.93. The Morgan fingerprint density at radius 1 is 1.15 bits per heavy atom. The van der Waals surface area contributed by atoms with Crippen LogP contribution in [0.25, 0.3) is 11.1 Å². The summed E-state index contributed by atoms with van der Waals surface area (Å²) in [5.41, 5.74) is 3.17. The lowest BCUT2D eigenvalue weighted by Gasteiger charge is -2.20. The molecule has 0 saturated carbocycles. The van der Waals surface area contributed by atoms with E-state index in [0.717, 1.165) is 16.8 Å². The Bertz CT molecular complexity index is 594. The summed E-state index contributed by atoms with van der Waals surface area (Å²) in [5, 5.41) is 4.23. The van der Waals surface area contributed by atoms with Crippen LogP contribution < -0.4 is 4.74 Å². The molecule has 20 heavy (non-hydrogen) atoms. The van der Waals surface area contributed by atoms with Crippen LogP contribution in [0.15, 0.2) is 24.5 Å². The molecule has 0 aliphatic rings.